The number of nitrogens with one attached hydrogen (secondary N) is 2. The summed E-state index contributed by atoms with van der Waals surface area (Å²) < 4.78 is 5.08. The summed E-state index contributed by atoms with van der Waals surface area (Å²) in [5.41, 5.74) is 1.99. The van der Waals surface area contributed by atoms with E-state index in [1.54, 1.807) is 24.1 Å². The average Bonchev–Trinajstić information content (AvgIpc) is 2.64. The summed E-state index contributed by atoms with van der Waals surface area (Å²) in [5.74, 6) is -0.138. The van der Waals surface area contributed by atoms with Crippen LogP contribution < -0.4 is 10.6 Å². The molecule has 1 aliphatic heterocycles. The minimum atomic E-state index is -0.599. The molecule has 1 fully saturated rings. The molecule has 1 saturated heterocycles. The quantitative estimate of drug-likeness (QED) is 0.759. The van der Waals surface area contributed by atoms with Crippen molar-refractivity contribution in [1.82, 2.24) is 10.2 Å². The van der Waals surface area contributed by atoms with Crippen molar-refractivity contribution in [3.05, 3.63) is 40.9 Å². The van der Waals surface area contributed by atoms with Gasteiger partial charge in [0.2, 0.25) is 0 Å². The van der Waals surface area contributed by atoms with Crippen LogP contribution in [0.25, 0.3) is 0 Å². The molecule has 0 radical (unpaired) electrons. The molecule has 1 aromatic carbocycles. The maximum atomic E-state index is 12.2. The highest BCUT2D eigenvalue weighted by Crippen LogP contribution is 2.18. The van der Waals surface area contributed by atoms with Gasteiger partial charge < -0.3 is 20.3 Å². The number of nitrogens with zero attached hydrogens (tertiary/aromatic N) is 1. The summed E-state index contributed by atoms with van der Waals surface area (Å²) in [6, 6.07) is 5.44. The Morgan fingerprint density at radius 1 is 1.24 bits per heavy atom. The third-order valence-electron chi connectivity index (χ3n) is 4.01. The average molecular weight is 366 g/mol. The molecule has 0 atom stereocenters. The number of piperidine rings is 1. The van der Waals surface area contributed by atoms with Gasteiger partial charge in [0.1, 0.15) is 6.61 Å². The first-order valence-corrected chi connectivity index (χ1v) is 8.72. The number of anilines is 1. The Hall–Kier alpha value is -2.21. The van der Waals surface area contributed by atoms with Gasteiger partial charge in [-0.05, 0) is 43.0 Å². The number of hydrogen-bond acceptors (Lipinski definition) is 4. The van der Waals surface area contributed by atoms with E-state index < -0.39 is 6.09 Å². The van der Waals surface area contributed by atoms with E-state index >= 15 is 0 Å². The summed E-state index contributed by atoms with van der Waals surface area (Å²) in [5, 5.41) is 6.22. The number of likely N-dealkylation sites (tertiary alicyclic amines) is 1. The van der Waals surface area contributed by atoms with E-state index in [4.69, 9.17) is 16.3 Å². The van der Waals surface area contributed by atoms with Crippen LogP contribution >= 0.6 is 11.6 Å². The van der Waals surface area contributed by atoms with Gasteiger partial charge in [0.15, 0.2) is 0 Å². The molecule has 0 unspecified atom stereocenters. The minimum absolute atomic E-state index is 0.113. The van der Waals surface area contributed by atoms with Crippen LogP contribution in [-0.4, -0.2) is 43.6 Å². The van der Waals surface area contributed by atoms with Gasteiger partial charge in [0.25, 0.3) is 5.91 Å². The number of hydrogen-bond donors (Lipinski definition) is 2. The highest BCUT2D eigenvalue weighted by Gasteiger charge is 2.19. The molecule has 0 aliphatic carbocycles. The largest absolute Gasteiger partial charge is 0.444 e. The molecule has 136 valence electrons. The lowest BCUT2D eigenvalue weighted by Gasteiger charge is -2.27. The number of halogens is 1. The SMILES string of the molecule is C=C(COC(=O)NCc1cc(Cl)cc(NC)c1)C(=O)N1CCCCC1. The number of carbonyl (C=O) groups is 2. The second-order valence-electron chi connectivity index (χ2n) is 5.98. The van der Waals surface area contributed by atoms with E-state index in [-0.39, 0.29) is 24.6 Å². The molecule has 1 aliphatic rings. The fraction of sp³-hybridized carbons (Fsp3) is 0.444. The van der Waals surface area contributed by atoms with Crippen molar-refractivity contribution in [2.24, 2.45) is 0 Å². The molecular formula is C18H24ClN3O3. The molecule has 2 amide bonds. The van der Waals surface area contributed by atoms with Gasteiger partial charge >= 0.3 is 6.09 Å². The van der Waals surface area contributed by atoms with Crippen molar-refractivity contribution in [2.45, 2.75) is 25.8 Å². The van der Waals surface area contributed by atoms with Crippen molar-refractivity contribution in [1.29, 1.82) is 0 Å². The second-order valence-corrected chi connectivity index (χ2v) is 6.42. The number of carbonyl (C=O) groups excluding carboxylic acids is 2. The molecule has 1 aromatic rings. The Kier molecular flexibility index (Phi) is 7.13. The lowest BCUT2D eigenvalue weighted by atomic mass is 10.1. The first kappa shape index (κ1) is 19.1. The van der Waals surface area contributed by atoms with Gasteiger partial charge in [-0.1, -0.05) is 18.2 Å². The van der Waals surface area contributed by atoms with E-state index in [1.165, 1.54) is 0 Å². The van der Waals surface area contributed by atoms with Crippen LogP contribution in [0.1, 0.15) is 24.8 Å². The van der Waals surface area contributed by atoms with Crippen molar-refractivity contribution in [3.63, 3.8) is 0 Å². The molecular weight excluding hydrogens is 342 g/mol. The van der Waals surface area contributed by atoms with Gasteiger partial charge in [0.05, 0.1) is 0 Å². The third kappa shape index (κ3) is 5.98. The fourth-order valence-corrected chi connectivity index (χ4v) is 2.91. The summed E-state index contributed by atoms with van der Waals surface area (Å²) >= 11 is 6.02. The summed E-state index contributed by atoms with van der Waals surface area (Å²) in [7, 11) is 1.79. The van der Waals surface area contributed by atoms with Crippen molar-refractivity contribution in [3.8, 4) is 0 Å². The maximum absolute atomic E-state index is 12.2. The van der Waals surface area contributed by atoms with Crippen LogP contribution in [-0.2, 0) is 16.1 Å². The summed E-state index contributed by atoms with van der Waals surface area (Å²) in [6.45, 7) is 5.38. The van der Waals surface area contributed by atoms with Crippen LogP contribution in [0.4, 0.5) is 10.5 Å². The Bertz CT molecular complexity index is 642. The smallest absolute Gasteiger partial charge is 0.407 e. The maximum Gasteiger partial charge on any atom is 0.407 e. The summed E-state index contributed by atoms with van der Waals surface area (Å²) in [6.07, 6.45) is 2.57. The zero-order chi connectivity index (χ0) is 18.2. The number of alkyl carbamates (subject to hydrolysis) is 1. The Morgan fingerprint density at radius 3 is 2.64 bits per heavy atom. The first-order valence-electron chi connectivity index (χ1n) is 8.34. The van der Waals surface area contributed by atoms with Gasteiger partial charge in [0, 0.05) is 43.0 Å². The topological polar surface area (TPSA) is 70.7 Å². The van der Waals surface area contributed by atoms with E-state index in [0.717, 1.165) is 43.6 Å². The van der Waals surface area contributed by atoms with Gasteiger partial charge in [-0.3, -0.25) is 4.79 Å². The van der Waals surface area contributed by atoms with Crippen LogP contribution in [0.2, 0.25) is 5.02 Å². The lowest BCUT2D eigenvalue weighted by Crippen LogP contribution is -2.37. The monoisotopic (exact) mass is 365 g/mol. The normalized spacial score (nSPS) is 13.9. The van der Waals surface area contributed by atoms with Crippen LogP contribution in [0.15, 0.2) is 30.4 Å². The standard InChI is InChI=1S/C18H24ClN3O3/c1-13(17(23)22-6-4-3-5-7-22)12-25-18(24)21-11-14-8-15(19)10-16(9-14)20-2/h8-10,20H,1,3-7,11-12H2,2H3,(H,21,24). The number of benzene rings is 1. The highest BCUT2D eigenvalue weighted by atomic mass is 35.5. The Balaban J connectivity index is 1.75. The number of ether oxygens (including phenoxy) is 1. The molecule has 0 spiro atoms. The summed E-state index contributed by atoms with van der Waals surface area (Å²) in [4.78, 5) is 25.8. The molecule has 0 saturated carbocycles. The number of rotatable bonds is 6. The number of amides is 2. The second kappa shape index (κ2) is 9.32. The van der Waals surface area contributed by atoms with Crippen molar-refractivity contribution in [2.75, 3.05) is 32.1 Å². The molecule has 2 N–H and O–H groups in total. The van der Waals surface area contributed by atoms with E-state index in [1.807, 2.05) is 6.07 Å². The predicted molar refractivity (Wildman–Crippen MR) is 98.8 cm³/mol. The van der Waals surface area contributed by atoms with Crippen molar-refractivity contribution >= 4 is 29.3 Å². The van der Waals surface area contributed by atoms with Crippen LogP contribution in [0.3, 0.4) is 0 Å². The molecule has 2 rings (SSSR count). The zero-order valence-electron chi connectivity index (χ0n) is 14.4. The lowest BCUT2D eigenvalue weighted by molar-refractivity contribution is -0.128. The first-order chi connectivity index (χ1) is 12.0. The molecule has 1 heterocycles. The van der Waals surface area contributed by atoms with Crippen LogP contribution in [0.5, 0.6) is 0 Å². The third-order valence-corrected chi connectivity index (χ3v) is 4.22. The van der Waals surface area contributed by atoms with Gasteiger partial charge in [-0.2, -0.15) is 0 Å². The molecule has 0 aromatic heterocycles. The zero-order valence-corrected chi connectivity index (χ0v) is 15.2. The van der Waals surface area contributed by atoms with Gasteiger partial charge in [-0.15, -0.1) is 0 Å². The molecule has 7 heteroatoms. The van der Waals surface area contributed by atoms with E-state index in [9.17, 15) is 9.59 Å². The molecule has 25 heavy (non-hydrogen) atoms. The highest BCUT2D eigenvalue weighted by molar-refractivity contribution is 6.30. The predicted octanol–water partition coefficient (Wildman–Crippen LogP) is 3.18. The Labute approximate surface area is 153 Å². The fourth-order valence-electron chi connectivity index (χ4n) is 2.66. The van der Waals surface area contributed by atoms with E-state index in [2.05, 4.69) is 17.2 Å². The molecule has 0 bridgehead atoms. The van der Waals surface area contributed by atoms with Crippen LogP contribution in [0, 0.1) is 0 Å². The molecule has 6 nitrogen and oxygen atoms in total. The Morgan fingerprint density at radius 2 is 1.96 bits per heavy atom. The van der Waals surface area contributed by atoms with Gasteiger partial charge in [-0.25, -0.2) is 4.79 Å². The van der Waals surface area contributed by atoms with E-state index in [0.29, 0.717) is 5.02 Å². The van der Waals surface area contributed by atoms with Crippen molar-refractivity contribution < 1.29 is 14.3 Å². The minimum Gasteiger partial charge on any atom is -0.444 e.